The lowest BCUT2D eigenvalue weighted by molar-refractivity contribution is -0.115. The highest BCUT2D eigenvalue weighted by atomic mass is 35.5. The molecule has 140 valence electrons. The summed E-state index contributed by atoms with van der Waals surface area (Å²) in [7, 11) is 0. The fraction of sp³-hybridized carbons (Fsp3) is 0.200. The van der Waals surface area contributed by atoms with Crippen molar-refractivity contribution in [3.63, 3.8) is 0 Å². The minimum Gasteiger partial charge on any atom is -0.392 e. The summed E-state index contributed by atoms with van der Waals surface area (Å²) in [5, 5.41) is 14.3. The van der Waals surface area contributed by atoms with E-state index in [2.05, 4.69) is 5.32 Å². The Morgan fingerprint density at radius 2 is 1.93 bits per heavy atom. The quantitative estimate of drug-likeness (QED) is 0.677. The molecule has 27 heavy (non-hydrogen) atoms. The zero-order chi connectivity index (χ0) is 19.6. The van der Waals surface area contributed by atoms with Crippen molar-refractivity contribution >= 4 is 45.6 Å². The predicted molar refractivity (Wildman–Crippen MR) is 109 cm³/mol. The molecule has 0 fully saturated rings. The molecule has 1 aromatic heterocycles. The van der Waals surface area contributed by atoms with Crippen LogP contribution in [0.3, 0.4) is 0 Å². The summed E-state index contributed by atoms with van der Waals surface area (Å²) in [6.07, 6.45) is 1.12. The number of aliphatic hydroxyl groups is 1. The van der Waals surface area contributed by atoms with E-state index in [0.29, 0.717) is 26.5 Å². The van der Waals surface area contributed by atoms with Gasteiger partial charge in [-0.3, -0.25) is 9.59 Å². The summed E-state index contributed by atoms with van der Waals surface area (Å²) >= 11 is 11.9. The maximum absolute atomic E-state index is 12.6. The first kappa shape index (κ1) is 19.4. The highest BCUT2D eigenvalue weighted by molar-refractivity contribution is 6.42. The number of nitrogens with zero attached hydrogens (tertiary/aromatic N) is 1. The molecule has 3 rings (SSSR count). The Balaban J connectivity index is 1.86. The van der Waals surface area contributed by atoms with Gasteiger partial charge in [0.15, 0.2) is 0 Å². The molecule has 5 nitrogen and oxygen atoms in total. The third kappa shape index (κ3) is 4.50. The number of aliphatic hydroxyl groups excluding tert-OH is 1. The van der Waals surface area contributed by atoms with Crippen molar-refractivity contribution in [1.29, 1.82) is 0 Å². The molecule has 3 aromatic rings. The lowest BCUT2D eigenvalue weighted by Crippen LogP contribution is -2.25. The maximum Gasteiger partial charge on any atom is 0.258 e. The van der Waals surface area contributed by atoms with Gasteiger partial charge >= 0.3 is 0 Å². The Morgan fingerprint density at radius 3 is 2.63 bits per heavy atom. The maximum atomic E-state index is 12.6. The van der Waals surface area contributed by atoms with Crippen LogP contribution in [0.1, 0.15) is 12.5 Å². The zero-order valence-electron chi connectivity index (χ0n) is 14.6. The second-order valence-corrected chi connectivity index (χ2v) is 7.18. The average Bonchev–Trinajstić information content (AvgIpc) is 2.61. The van der Waals surface area contributed by atoms with Crippen LogP contribution in [0.4, 0.5) is 5.69 Å². The molecule has 2 aromatic carbocycles. The second-order valence-electron chi connectivity index (χ2n) is 6.36. The van der Waals surface area contributed by atoms with E-state index in [-0.39, 0.29) is 24.4 Å². The number of fused-ring (bicyclic) bond motifs is 1. The molecule has 7 heteroatoms. The van der Waals surface area contributed by atoms with Crippen molar-refractivity contribution in [1.82, 2.24) is 4.57 Å². The van der Waals surface area contributed by atoms with Gasteiger partial charge in [-0.15, -0.1) is 0 Å². The Bertz CT molecular complexity index is 1060. The van der Waals surface area contributed by atoms with Gasteiger partial charge in [0.1, 0.15) is 0 Å². The number of rotatable bonds is 5. The van der Waals surface area contributed by atoms with Crippen LogP contribution in [0.25, 0.3) is 10.8 Å². The topological polar surface area (TPSA) is 71.3 Å². The number of carbonyl (C=O) groups excluding carboxylic acids is 1. The number of hydrogen-bond acceptors (Lipinski definition) is 3. The monoisotopic (exact) mass is 404 g/mol. The number of anilines is 1. The molecule has 2 N–H and O–H groups in total. The first-order valence-electron chi connectivity index (χ1n) is 8.39. The van der Waals surface area contributed by atoms with Gasteiger partial charge in [0, 0.05) is 22.7 Å². The molecule has 1 amide bonds. The Kier molecular flexibility index (Phi) is 5.85. The molecular formula is C20H18Cl2N2O3. The third-order valence-corrected chi connectivity index (χ3v) is 4.84. The molecule has 0 spiro atoms. The molecule has 1 unspecified atom stereocenters. The number of pyridine rings is 1. The van der Waals surface area contributed by atoms with Gasteiger partial charge in [-0.05, 0) is 42.8 Å². The number of carbonyl (C=O) groups is 1. The van der Waals surface area contributed by atoms with Gasteiger partial charge in [-0.25, -0.2) is 0 Å². The molecule has 0 radical (unpaired) electrons. The average molecular weight is 405 g/mol. The van der Waals surface area contributed by atoms with Crippen molar-refractivity contribution in [2.75, 3.05) is 5.32 Å². The molecule has 0 aliphatic carbocycles. The largest absolute Gasteiger partial charge is 0.392 e. The molecule has 0 bridgehead atoms. The van der Waals surface area contributed by atoms with Crippen LogP contribution in [0, 0.1) is 0 Å². The fourth-order valence-electron chi connectivity index (χ4n) is 2.88. The number of amides is 1. The molecular weight excluding hydrogens is 387 g/mol. The van der Waals surface area contributed by atoms with Crippen molar-refractivity contribution in [2.45, 2.75) is 26.0 Å². The van der Waals surface area contributed by atoms with Crippen LogP contribution in [0.5, 0.6) is 0 Å². The zero-order valence-corrected chi connectivity index (χ0v) is 16.1. The van der Waals surface area contributed by atoms with E-state index in [9.17, 15) is 14.7 Å². The highest BCUT2D eigenvalue weighted by Crippen LogP contribution is 2.24. The van der Waals surface area contributed by atoms with Crippen LogP contribution >= 0.6 is 23.2 Å². The summed E-state index contributed by atoms with van der Waals surface area (Å²) < 4.78 is 1.45. The lowest BCUT2D eigenvalue weighted by Gasteiger charge is -2.12. The Morgan fingerprint density at radius 1 is 1.15 bits per heavy atom. The van der Waals surface area contributed by atoms with Gasteiger partial charge in [0.2, 0.25) is 5.91 Å². The van der Waals surface area contributed by atoms with Crippen LogP contribution < -0.4 is 10.9 Å². The first-order chi connectivity index (χ1) is 12.8. The van der Waals surface area contributed by atoms with Crippen molar-refractivity contribution < 1.29 is 9.90 Å². The minimum absolute atomic E-state index is 0.131. The van der Waals surface area contributed by atoms with Gasteiger partial charge < -0.3 is 15.0 Å². The van der Waals surface area contributed by atoms with E-state index in [1.807, 2.05) is 0 Å². The van der Waals surface area contributed by atoms with E-state index < -0.39 is 6.10 Å². The first-order valence-corrected chi connectivity index (χ1v) is 9.15. The number of hydrogen-bond donors (Lipinski definition) is 2. The van der Waals surface area contributed by atoms with Crippen LogP contribution in [0.15, 0.2) is 53.5 Å². The summed E-state index contributed by atoms with van der Waals surface area (Å²) in [6.45, 7) is 1.83. The normalized spacial score (nSPS) is 12.1. The lowest BCUT2D eigenvalue weighted by atomic mass is 10.1. The molecule has 0 aliphatic heterocycles. The van der Waals surface area contributed by atoms with Crippen molar-refractivity contribution in [3.05, 3.63) is 74.6 Å². The summed E-state index contributed by atoms with van der Waals surface area (Å²) in [5.41, 5.74) is 1.08. The Labute approximate surface area is 166 Å². The van der Waals surface area contributed by atoms with Crippen molar-refractivity contribution in [2.24, 2.45) is 0 Å². The minimum atomic E-state index is -0.630. The second kappa shape index (κ2) is 8.13. The SMILES string of the molecule is CC(O)Cn1ccc2c(NC(=O)Cc3ccc(Cl)c(Cl)c3)cccc2c1=O. The third-order valence-electron chi connectivity index (χ3n) is 4.10. The molecule has 0 saturated carbocycles. The van der Waals surface area contributed by atoms with Crippen molar-refractivity contribution in [3.8, 4) is 0 Å². The molecule has 1 heterocycles. The number of halogens is 2. The van der Waals surface area contributed by atoms with E-state index in [0.717, 1.165) is 5.56 Å². The summed E-state index contributed by atoms with van der Waals surface area (Å²) in [5.74, 6) is -0.228. The van der Waals surface area contributed by atoms with E-state index in [1.54, 1.807) is 55.6 Å². The van der Waals surface area contributed by atoms with Gasteiger partial charge in [-0.2, -0.15) is 0 Å². The molecule has 0 saturated heterocycles. The van der Waals surface area contributed by atoms with E-state index in [1.165, 1.54) is 4.57 Å². The number of aromatic nitrogens is 1. The predicted octanol–water partition coefficient (Wildman–Crippen LogP) is 3.87. The fourth-order valence-corrected chi connectivity index (χ4v) is 3.21. The van der Waals surface area contributed by atoms with Gasteiger partial charge in [0.05, 0.1) is 29.1 Å². The molecule has 1 atom stereocenters. The molecule has 0 aliphatic rings. The number of benzene rings is 2. The van der Waals surface area contributed by atoms with Crippen LogP contribution in [0.2, 0.25) is 10.0 Å². The van der Waals surface area contributed by atoms with E-state index >= 15 is 0 Å². The summed E-state index contributed by atoms with van der Waals surface area (Å²) in [6, 6.07) is 12.0. The van der Waals surface area contributed by atoms with Crippen LogP contribution in [-0.4, -0.2) is 21.7 Å². The highest BCUT2D eigenvalue weighted by Gasteiger charge is 2.11. The Hall–Kier alpha value is -2.34. The smallest absolute Gasteiger partial charge is 0.258 e. The standard InChI is InChI=1S/C20H18Cl2N2O3/c1-12(25)11-24-8-7-14-15(20(24)27)3-2-4-18(14)23-19(26)10-13-5-6-16(21)17(22)9-13/h2-9,12,25H,10-11H2,1H3,(H,23,26). The van der Waals surface area contributed by atoms with Gasteiger partial charge in [-0.1, -0.05) is 35.3 Å². The number of nitrogens with one attached hydrogen (secondary N) is 1. The van der Waals surface area contributed by atoms with Crippen LogP contribution in [-0.2, 0) is 17.8 Å². The van der Waals surface area contributed by atoms with Gasteiger partial charge in [0.25, 0.3) is 5.56 Å². The van der Waals surface area contributed by atoms with E-state index in [4.69, 9.17) is 23.2 Å². The summed E-state index contributed by atoms with van der Waals surface area (Å²) in [4.78, 5) is 25.0.